The summed E-state index contributed by atoms with van der Waals surface area (Å²) < 4.78 is 5.57. The lowest BCUT2D eigenvalue weighted by Crippen LogP contribution is -2.30. The normalized spacial score (nSPS) is 14.2. The van der Waals surface area contributed by atoms with Gasteiger partial charge < -0.3 is 20.0 Å². The number of anilines is 2. The summed E-state index contributed by atoms with van der Waals surface area (Å²) in [6.07, 6.45) is 8.29. The molecule has 2 N–H and O–H groups in total. The number of furan rings is 1. The van der Waals surface area contributed by atoms with Gasteiger partial charge in [0, 0.05) is 31.5 Å². The van der Waals surface area contributed by atoms with Crippen molar-refractivity contribution in [3.63, 3.8) is 0 Å². The number of hydrogen-bond donors (Lipinski definition) is 2. The van der Waals surface area contributed by atoms with E-state index in [1.165, 1.54) is 37.4 Å². The molecule has 10 heteroatoms. The molecule has 0 spiro atoms. The smallest absolute Gasteiger partial charge is 0.232 e. The summed E-state index contributed by atoms with van der Waals surface area (Å²) in [5.41, 5.74) is 0. The van der Waals surface area contributed by atoms with Gasteiger partial charge in [0.1, 0.15) is 22.4 Å². The largest absolute Gasteiger partial charge is 0.465 e. The van der Waals surface area contributed by atoms with Crippen LogP contribution in [0.2, 0.25) is 0 Å². The lowest BCUT2D eigenvalue weighted by molar-refractivity contribution is 0.478. The van der Waals surface area contributed by atoms with Crippen molar-refractivity contribution in [2.75, 3.05) is 23.3 Å². The molecule has 162 valence electrons. The summed E-state index contributed by atoms with van der Waals surface area (Å²) in [7, 11) is 0. The number of hydrogen-bond acceptors (Lipinski definition) is 8. The Morgan fingerprint density at radius 2 is 1.90 bits per heavy atom. The average molecular weight is 456 g/mol. The molecule has 0 amide bonds. The van der Waals surface area contributed by atoms with Crippen LogP contribution in [0.3, 0.4) is 0 Å². The lowest BCUT2D eigenvalue weighted by atomic mass is 10.2. The predicted octanol–water partition coefficient (Wildman–Crippen LogP) is 4.19. The minimum atomic E-state index is 0.439. The maximum absolute atomic E-state index is 5.57. The van der Waals surface area contributed by atoms with E-state index >= 15 is 0 Å². The zero-order valence-corrected chi connectivity index (χ0v) is 19.0. The Morgan fingerprint density at radius 1 is 1.13 bits per heavy atom. The SMILES string of the molecule is Cc1ccc(CNC(=S)Nc2nc(Sc3ncccn3)cc(N3CCCCCC3)n2)o1. The van der Waals surface area contributed by atoms with E-state index in [2.05, 4.69) is 30.5 Å². The molecule has 0 saturated carbocycles. The third kappa shape index (κ3) is 6.38. The molecular weight excluding hydrogens is 430 g/mol. The molecule has 3 aromatic heterocycles. The molecule has 1 aliphatic heterocycles. The van der Waals surface area contributed by atoms with Crippen molar-refractivity contribution in [2.45, 2.75) is 49.3 Å². The van der Waals surface area contributed by atoms with Crippen LogP contribution in [0.15, 0.2) is 51.3 Å². The molecule has 0 radical (unpaired) electrons. The van der Waals surface area contributed by atoms with Crippen molar-refractivity contribution in [3.05, 3.63) is 48.2 Å². The van der Waals surface area contributed by atoms with Crippen LogP contribution in [0.1, 0.15) is 37.2 Å². The Kier molecular flexibility index (Phi) is 7.31. The molecule has 0 aromatic carbocycles. The summed E-state index contributed by atoms with van der Waals surface area (Å²) in [4.78, 5) is 20.3. The van der Waals surface area contributed by atoms with Crippen LogP contribution in [-0.4, -0.2) is 38.1 Å². The number of thiocarbonyl (C=S) groups is 1. The molecule has 31 heavy (non-hydrogen) atoms. The average Bonchev–Trinajstić information content (AvgIpc) is 3.00. The molecule has 1 fully saturated rings. The highest BCUT2D eigenvalue weighted by atomic mass is 32.2. The molecule has 1 saturated heterocycles. The quantitative estimate of drug-likeness (QED) is 0.320. The van der Waals surface area contributed by atoms with E-state index in [9.17, 15) is 0 Å². The Labute approximate surface area is 191 Å². The van der Waals surface area contributed by atoms with E-state index in [0.29, 0.717) is 22.8 Å². The van der Waals surface area contributed by atoms with Gasteiger partial charge in [-0.05, 0) is 61.9 Å². The van der Waals surface area contributed by atoms with Gasteiger partial charge in [0.15, 0.2) is 10.3 Å². The topological polar surface area (TPSA) is 92.0 Å². The fourth-order valence-corrected chi connectivity index (χ4v) is 4.18. The van der Waals surface area contributed by atoms with E-state index in [4.69, 9.17) is 21.6 Å². The minimum Gasteiger partial charge on any atom is -0.465 e. The summed E-state index contributed by atoms with van der Waals surface area (Å²) in [5.74, 6) is 3.03. The molecule has 4 heterocycles. The molecule has 3 aromatic rings. The van der Waals surface area contributed by atoms with Crippen molar-refractivity contribution < 1.29 is 4.42 Å². The van der Waals surface area contributed by atoms with Gasteiger partial charge in [-0.1, -0.05) is 12.8 Å². The third-order valence-electron chi connectivity index (χ3n) is 4.80. The van der Waals surface area contributed by atoms with Crippen LogP contribution in [0.4, 0.5) is 11.8 Å². The zero-order chi connectivity index (χ0) is 21.5. The van der Waals surface area contributed by atoms with E-state index < -0.39 is 0 Å². The molecule has 0 atom stereocenters. The van der Waals surface area contributed by atoms with Crippen LogP contribution in [0.25, 0.3) is 0 Å². The number of aryl methyl sites for hydroxylation is 1. The van der Waals surface area contributed by atoms with Gasteiger partial charge in [0.25, 0.3) is 0 Å². The van der Waals surface area contributed by atoms with Gasteiger partial charge in [0.05, 0.1) is 6.54 Å². The van der Waals surface area contributed by atoms with Crippen LogP contribution >= 0.6 is 24.0 Å². The first-order chi connectivity index (χ1) is 15.2. The van der Waals surface area contributed by atoms with Crippen molar-refractivity contribution in [1.29, 1.82) is 0 Å². The monoisotopic (exact) mass is 455 g/mol. The Bertz CT molecular complexity index is 1000. The number of rotatable bonds is 6. The first-order valence-electron chi connectivity index (χ1n) is 10.3. The summed E-state index contributed by atoms with van der Waals surface area (Å²) in [6, 6.07) is 7.65. The summed E-state index contributed by atoms with van der Waals surface area (Å²) in [5, 5.41) is 8.11. The molecule has 0 aliphatic carbocycles. The maximum Gasteiger partial charge on any atom is 0.232 e. The number of nitrogens with one attached hydrogen (secondary N) is 2. The maximum atomic E-state index is 5.57. The van der Waals surface area contributed by atoms with E-state index in [0.717, 1.165) is 35.5 Å². The fraction of sp³-hybridized carbons (Fsp3) is 0.381. The molecule has 1 aliphatic rings. The van der Waals surface area contributed by atoms with Gasteiger partial charge >= 0.3 is 0 Å². The molecule has 8 nitrogen and oxygen atoms in total. The summed E-state index contributed by atoms with van der Waals surface area (Å²) in [6.45, 7) is 4.38. The molecule has 0 bridgehead atoms. The zero-order valence-electron chi connectivity index (χ0n) is 17.4. The highest BCUT2D eigenvalue weighted by Gasteiger charge is 2.16. The van der Waals surface area contributed by atoms with Gasteiger partial charge in [-0.15, -0.1) is 0 Å². The van der Waals surface area contributed by atoms with Gasteiger partial charge in [-0.3, -0.25) is 0 Å². The second-order valence-corrected chi connectivity index (χ2v) is 8.64. The van der Waals surface area contributed by atoms with Crippen LogP contribution < -0.4 is 15.5 Å². The van der Waals surface area contributed by atoms with Crippen molar-refractivity contribution in [3.8, 4) is 0 Å². The first-order valence-corrected chi connectivity index (χ1v) is 11.6. The minimum absolute atomic E-state index is 0.439. The number of aromatic nitrogens is 4. The Morgan fingerprint density at radius 3 is 2.61 bits per heavy atom. The van der Waals surface area contributed by atoms with Crippen molar-refractivity contribution in [1.82, 2.24) is 25.3 Å². The standard InChI is InChI=1S/C21H25N7OS2/c1-15-7-8-16(29-15)14-24-20(30)27-19-25-17(28-11-4-2-3-5-12-28)13-18(26-19)31-21-22-9-6-10-23-21/h6-10,13H,2-5,11-12,14H2,1H3,(H2,24,25,26,27,30). The summed E-state index contributed by atoms with van der Waals surface area (Å²) >= 11 is 6.85. The highest BCUT2D eigenvalue weighted by molar-refractivity contribution is 7.99. The van der Waals surface area contributed by atoms with Crippen molar-refractivity contribution in [2.24, 2.45) is 0 Å². The van der Waals surface area contributed by atoms with Gasteiger partial charge in [-0.2, -0.15) is 4.98 Å². The first kappa shape index (κ1) is 21.5. The number of nitrogens with zero attached hydrogens (tertiary/aromatic N) is 5. The second-order valence-electron chi connectivity index (χ2n) is 7.24. The molecule has 0 unspecified atom stereocenters. The van der Waals surface area contributed by atoms with E-state index in [1.54, 1.807) is 18.5 Å². The Balaban J connectivity index is 1.50. The second kappa shape index (κ2) is 10.5. The van der Waals surface area contributed by atoms with Crippen molar-refractivity contribution >= 4 is 40.9 Å². The Hall–Kier alpha value is -2.72. The highest BCUT2D eigenvalue weighted by Crippen LogP contribution is 2.28. The third-order valence-corrected chi connectivity index (χ3v) is 5.86. The fourth-order valence-electron chi connectivity index (χ4n) is 3.31. The van der Waals surface area contributed by atoms with Gasteiger partial charge in [0.2, 0.25) is 5.95 Å². The van der Waals surface area contributed by atoms with Crippen LogP contribution in [-0.2, 0) is 6.54 Å². The van der Waals surface area contributed by atoms with E-state index in [1.807, 2.05) is 25.1 Å². The molecule has 4 rings (SSSR count). The lowest BCUT2D eigenvalue weighted by Gasteiger charge is -2.22. The van der Waals surface area contributed by atoms with Crippen LogP contribution in [0, 0.1) is 6.92 Å². The van der Waals surface area contributed by atoms with Crippen LogP contribution in [0.5, 0.6) is 0 Å². The molecular formula is C21H25N7OS2. The van der Waals surface area contributed by atoms with Gasteiger partial charge in [-0.25, -0.2) is 15.0 Å². The predicted molar refractivity (Wildman–Crippen MR) is 125 cm³/mol. The van der Waals surface area contributed by atoms with E-state index in [-0.39, 0.29) is 0 Å².